The van der Waals surface area contributed by atoms with E-state index in [0.717, 1.165) is 104 Å². The van der Waals surface area contributed by atoms with Crippen LogP contribution in [-0.4, -0.2) is 87.1 Å². The van der Waals surface area contributed by atoms with Crippen molar-refractivity contribution >= 4 is 80.0 Å². The van der Waals surface area contributed by atoms with Gasteiger partial charge in [0.1, 0.15) is 40.6 Å². The Morgan fingerprint density at radius 1 is 0.505 bits per heavy atom. The molecule has 2 aromatic heterocycles. The van der Waals surface area contributed by atoms with Gasteiger partial charge in [-0.2, -0.15) is 0 Å². The van der Waals surface area contributed by atoms with E-state index in [0.29, 0.717) is 66.0 Å². The number of amides is 2. The maximum Gasteiger partial charge on any atom is 0.573 e. The molecule has 4 atom stereocenters. The molecule has 10 rings (SSSR count). The molecule has 24 heteroatoms. The predicted molar refractivity (Wildman–Crippen MR) is 392 cm³/mol. The molecule has 0 aliphatic carbocycles. The quantitative estimate of drug-likeness (QED) is 0.0302. The average Bonchev–Trinajstić information content (AvgIpc) is 1.63. The number of carbonyl (C=O) groups is 4. The standard InChI is InChI=1S/C40H42F5N5O3.C39H41Cl2F2N5O2/c1-4-18-49(19-5-2)30-12-9-28(10-13-30)38-47-36-23-29(11-17-37(36)50(38)24-26-6-14-31(15-7-26)53-40(43,44)45)35(20-25(3)51)48-39(52)34(46)22-27-8-16-32(41)33(42)21-27;1-4-16-47(17-5-2)30-11-7-26(8-12-30)38-45-36-22-27(9-15-37(36)48(38)23-28-21-29(42)10-14-33(28)43)35(18-24(3)49)46-39(50)34(44)20-25-6-13-31(40)32(41)19-25/h6-17,21,23,34-35H,4-5,18-20,22,24,46H2,1-3H3,(H,48,52);6-15,19,21-22,34-35H,4-5,16-18,20,23,44H2,1-3H3,(H,46,50)/t2*34-,35?/m00/s1. The van der Waals surface area contributed by atoms with E-state index in [9.17, 15) is 49.9 Å². The monoisotopic (exact) mass is 1450 g/mol. The average molecular weight is 1460 g/mol. The number of alkyl halides is 3. The van der Waals surface area contributed by atoms with Gasteiger partial charge in [-0.3, -0.25) is 19.2 Å². The van der Waals surface area contributed by atoms with Gasteiger partial charge in [0.05, 0.1) is 62.8 Å². The fourth-order valence-corrected chi connectivity index (χ4v) is 12.7. The van der Waals surface area contributed by atoms with E-state index < -0.39 is 65.6 Å². The fraction of sp³-hybridized carbons (Fsp3) is 0.316. The second kappa shape index (κ2) is 35.5. The van der Waals surface area contributed by atoms with Crippen LogP contribution in [0.3, 0.4) is 0 Å². The Balaban J connectivity index is 0.000000240. The Kier molecular flexibility index (Phi) is 26.7. The predicted octanol–water partition coefficient (Wildman–Crippen LogP) is 16.9. The van der Waals surface area contributed by atoms with Crippen molar-refractivity contribution in [2.45, 2.75) is 137 Å². The van der Waals surface area contributed by atoms with E-state index in [1.165, 1.54) is 38.1 Å². The zero-order valence-corrected chi connectivity index (χ0v) is 59.6. The van der Waals surface area contributed by atoms with E-state index >= 15 is 0 Å². The van der Waals surface area contributed by atoms with Crippen molar-refractivity contribution in [2.24, 2.45) is 11.5 Å². The van der Waals surface area contributed by atoms with Gasteiger partial charge in [0.2, 0.25) is 11.8 Å². The lowest BCUT2D eigenvalue weighted by atomic mass is 9.99. The summed E-state index contributed by atoms with van der Waals surface area (Å²) in [6.45, 7) is 15.4. The van der Waals surface area contributed by atoms with Crippen molar-refractivity contribution in [3.8, 4) is 28.5 Å². The maximum absolute atomic E-state index is 14.9. The number of anilines is 2. The van der Waals surface area contributed by atoms with Crippen LogP contribution in [-0.2, 0) is 45.1 Å². The molecule has 0 aliphatic rings. The van der Waals surface area contributed by atoms with Gasteiger partial charge in [0.15, 0.2) is 11.6 Å². The Hall–Kier alpha value is -9.61. The Morgan fingerprint density at radius 2 is 0.942 bits per heavy atom. The Labute approximate surface area is 604 Å². The maximum atomic E-state index is 14.9. The van der Waals surface area contributed by atoms with Gasteiger partial charge in [-0.1, -0.05) is 87.3 Å². The van der Waals surface area contributed by atoms with Gasteiger partial charge in [-0.25, -0.2) is 27.5 Å². The van der Waals surface area contributed by atoms with Gasteiger partial charge in [-0.15, -0.1) is 13.2 Å². The van der Waals surface area contributed by atoms with Crippen molar-refractivity contribution in [1.82, 2.24) is 29.7 Å². The van der Waals surface area contributed by atoms with Crippen molar-refractivity contribution < 1.29 is 54.6 Å². The summed E-state index contributed by atoms with van der Waals surface area (Å²) in [6.07, 6.45) is -0.618. The summed E-state index contributed by atoms with van der Waals surface area (Å²) in [4.78, 5) is 65.9. The molecular weight excluding hydrogens is 1370 g/mol. The summed E-state index contributed by atoms with van der Waals surface area (Å²) in [6, 6.07) is 40.9. The first-order valence-electron chi connectivity index (χ1n) is 34.2. The van der Waals surface area contributed by atoms with Gasteiger partial charge in [-0.05, 0) is 208 Å². The molecule has 0 saturated heterocycles. The molecule has 8 aromatic carbocycles. The minimum Gasteiger partial charge on any atom is -0.406 e. The molecule has 0 radical (unpaired) electrons. The SMILES string of the molecule is CCCN(CCC)c1ccc(-c2nc3cc(C(CC(C)=O)NC(=O)[C@@H](N)Cc4ccc(Cl)c(Cl)c4)ccc3n2Cc2cc(F)ccc2F)cc1.CCCN(CCC)c1ccc(-c2nc3cc(C(CC(C)=O)NC(=O)[C@@H](N)Cc4ccc(F)c(F)c4)ccc3n2Cc2ccc(OC(F)(F)F)cc2)cc1. The number of Topliss-reactive ketones (excluding diaryl/α,β-unsaturated/α-hetero) is 2. The number of nitrogens with two attached hydrogens (primary N) is 2. The summed E-state index contributed by atoms with van der Waals surface area (Å²) in [5.41, 5.74) is 22.0. The van der Waals surface area contributed by atoms with Crippen molar-refractivity contribution in [3.05, 3.63) is 230 Å². The van der Waals surface area contributed by atoms with Gasteiger partial charge in [0, 0.05) is 73.6 Å². The summed E-state index contributed by atoms with van der Waals surface area (Å²) in [5.74, 6) is -3.59. The van der Waals surface area contributed by atoms with Crippen LogP contribution in [0.1, 0.15) is 126 Å². The van der Waals surface area contributed by atoms with Gasteiger partial charge < -0.3 is 45.8 Å². The van der Waals surface area contributed by atoms with Crippen LogP contribution in [0.4, 0.5) is 42.1 Å². The number of halogens is 9. The number of carbonyl (C=O) groups excluding carboxylic acids is 4. The van der Waals surface area contributed by atoms with E-state index in [-0.39, 0.29) is 61.7 Å². The smallest absolute Gasteiger partial charge is 0.406 e. The zero-order valence-electron chi connectivity index (χ0n) is 58.1. The highest BCUT2D eigenvalue weighted by atomic mass is 35.5. The minimum absolute atomic E-state index is 0.0332. The number of hydrogen-bond donors (Lipinski definition) is 4. The summed E-state index contributed by atoms with van der Waals surface area (Å²) in [5, 5.41) is 6.56. The molecule has 0 aliphatic heterocycles. The first kappa shape index (κ1) is 77.5. The highest BCUT2D eigenvalue weighted by Gasteiger charge is 2.31. The molecule has 15 nitrogen and oxygen atoms in total. The second-order valence-corrected chi connectivity index (χ2v) is 26.4. The van der Waals surface area contributed by atoms with E-state index in [1.807, 2.05) is 63.7 Å². The molecule has 0 fully saturated rings. The number of nitrogens with zero attached hydrogens (tertiary/aromatic N) is 6. The number of nitrogens with one attached hydrogen (secondary N) is 2. The van der Waals surface area contributed by atoms with E-state index in [2.05, 4.69) is 65.0 Å². The molecule has 0 spiro atoms. The van der Waals surface area contributed by atoms with Crippen molar-refractivity contribution in [3.63, 3.8) is 0 Å². The third-order valence-corrected chi connectivity index (χ3v) is 18.0. The molecule has 0 saturated carbocycles. The molecule has 2 heterocycles. The van der Waals surface area contributed by atoms with Crippen LogP contribution < -0.4 is 36.6 Å². The summed E-state index contributed by atoms with van der Waals surface area (Å²) < 4.78 is 103. The molecule has 10 aromatic rings. The fourth-order valence-electron chi connectivity index (χ4n) is 12.4. The number of imidazole rings is 2. The topological polar surface area (TPSA) is 196 Å². The number of hydrogen-bond acceptors (Lipinski definition) is 11. The third-order valence-electron chi connectivity index (χ3n) is 17.3. The number of ether oxygens (including phenoxy) is 1. The zero-order chi connectivity index (χ0) is 74.2. The lowest BCUT2D eigenvalue weighted by molar-refractivity contribution is -0.274. The van der Waals surface area contributed by atoms with E-state index in [1.54, 1.807) is 48.5 Å². The molecule has 542 valence electrons. The molecule has 0 bridgehead atoms. The minimum atomic E-state index is -4.81. The molecular formula is C79H83Cl2F7N10O5. The second-order valence-electron chi connectivity index (χ2n) is 25.6. The molecule has 6 N–H and O–H groups in total. The Bertz CT molecular complexity index is 4580. The third kappa shape index (κ3) is 20.8. The first-order chi connectivity index (χ1) is 49.2. The summed E-state index contributed by atoms with van der Waals surface area (Å²) in [7, 11) is 0. The lowest BCUT2D eigenvalue weighted by Crippen LogP contribution is -2.43. The number of rotatable bonds is 31. The van der Waals surface area contributed by atoms with Crippen molar-refractivity contribution in [2.75, 3.05) is 36.0 Å². The van der Waals surface area contributed by atoms with Crippen LogP contribution in [0.5, 0.6) is 5.75 Å². The van der Waals surface area contributed by atoms with Crippen LogP contribution in [0.15, 0.2) is 164 Å². The highest BCUT2D eigenvalue weighted by Crippen LogP contribution is 2.35. The molecule has 103 heavy (non-hydrogen) atoms. The molecule has 2 unspecified atom stereocenters. The largest absolute Gasteiger partial charge is 0.573 e. The number of ketones is 2. The van der Waals surface area contributed by atoms with Gasteiger partial charge >= 0.3 is 6.36 Å². The number of benzene rings is 8. The van der Waals surface area contributed by atoms with Crippen LogP contribution in [0.2, 0.25) is 10.0 Å². The normalized spacial score (nSPS) is 12.7. The van der Waals surface area contributed by atoms with Gasteiger partial charge in [0.25, 0.3) is 0 Å². The van der Waals surface area contributed by atoms with Crippen LogP contribution in [0.25, 0.3) is 44.8 Å². The summed E-state index contributed by atoms with van der Waals surface area (Å²) >= 11 is 12.2. The number of aromatic nitrogens is 4. The van der Waals surface area contributed by atoms with E-state index in [4.69, 9.17) is 44.6 Å². The van der Waals surface area contributed by atoms with Crippen molar-refractivity contribution in [1.29, 1.82) is 0 Å². The first-order valence-corrected chi connectivity index (χ1v) is 35.0. The van der Waals surface area contributed by atoms with Crippen LogP contribution >= 0.6 is 23.2 Å². The molecule has 2 amide bonds. The Morgan fingerprint density at radius 3 is 1.38 bits per heavy atom. The highest BCUT2D eigenvalue weighted by molar-refractivity contribution is 6.42. The lowest BCUT2D eigenvalue weighted by Gasteiger charge is -2.24. The van der Waals surface area contributed by atoms with Crippen LogP contribution in [0, 0.1) is 23.3 Å². The number of fused-ring (bicyclic) bond motifs is 2.